The van der Waals surface area contributed by atoms with Gasteiger partial charge in [-0.3, -0.25) is 23.9 Å². The van der Waals surface area contributed by atoms with Crippen LogP contribution >= 0.6 is 0 Å². The van der Waals surface area contributed by atoms with Crippen LogP contribution in [0.1, 0.15) is 35.3 Å². The van der Waals surface area contributed by atoms with Crippen molar-refractivity contribution in [3.8, 4) is 11.5 Å². The van der Waals surface area contributed by atoms with Gasteiger partial charge in [0.05, 0.1) is 6.54 Å². The molecule has 10 heteroatoms. The minimum atomic E-state index is -1.46. The summed E-state index contributed by atoms with van der Waals surface area (Å²) in [6.07, 6.45) is 1.73. The predicted octanol–water partition coefficient (Wildman–Crippen LogP) is 1.48. The monoisotopic (exact) mass is 454 g/mol. The second kappa shape index (κ2) is 8.19. The number of halogens is 1. The summed E-state index contributed by atoms with van der Waals surface area (Å²) < 4.78 is 20.8. The summed E-state index contributed by atoms with van der Waals surface area (Å²) in [5, 5.41) is 15.8. The van der Waals surface area contributed by atoms with Crippen molar-refractivity contribution in [3.05, 3.63) is 63.3 Å². The molecule has 4 rings (SSSR count). The summed E-state index contributed by atoms with van der Waals surface area (Å²) in [5.74, 6) is -1.95. The highest BCUT2D eigenvalue weighted by atomic mass is 19.1. The predicted molar refractivity (Wildman–Crippen MR) is 118 cm³/mol. The number of ether oxygens (including phenoxy) is 1. The van der Waals surface area contributed by atoms with E-state index in [1.54, 1.807) is 26.0 Å². The second-order valence-corrected chi connectivity index (χ2v) is 8.00. The van der Waals surface area contributed by atoms with E-state index in [4.69, 9.17) is 4.74 Å². The maximum absolute atomic E-state index is 13.3. The topological polar surface area (TPSA) is 123 Å². The van der Waals surface area contributed by atoms with Gasteiger partial charge < -0.3 is 20.5 Å². The average molecular weight is 454 g/mol. The number of pyridine rings is 2. The van der Waals surface area contributed by atoms with Gasteiger partial charge in [0.1, 0.15) is 22.4 Å². The Morgan fingerprint density at radius 2 is 2.00 bits per heavy atom. The molecule has 33 heavy (non-hydrogen) atoms. The zero-order valence-corrected chi connectivity index (χ0v) is 18.4. The van der Waals surface area contributed by atoms with Gasteiger partial charge >= 0.3 is 0 Å². The molecule has 3 heterocycles. The largest absolute Gasteiger partial charge is 0.505 e. The molecule has 0 saturated heterocycles. The molecule has 172 valence electrons. The highest BCUT2D eigenvalue weighted by Gasteiger charge is 2.43. The minimum absolute atomic E-state index is 0.00371. The standard InChI is InChI=1S/C23H23FN4O5/c1-4-26-22(32)23(2)11-28-17-16(18(29)15(21(28)31)20(30)25-3)27-10-13(19(17)33-23)9-12-5-7-14(24)8-6-12/h5-8,10,29H,4,9,11H2,1-3H3,(H,25,30)(H,26,32)/t23-/m1/s1. The van der Waals surface area contributed by atoms with Gasteiger partial charge in [-0.15, -0.1) is 0 Å². The molecular weight excluding hydrogens is 431 g/mol. The van der Waals surface area contributed by atoms with Crippen LogP contribution in [-0.4, -0.2) is 45.7 Å². The van der Waals surface area contributed by atoms with Gasteiger partial charge in [0.2, 0.25) is 5.60 Å². The number of aromatic hydroxyl groups is 1. The normalized spacial score (nSPS) is 16.8. The zero-order valence-electron chi connectivity index (χ0n) is 18.4. The molecule has 0 fully saturated rings. The molecular formula is C23H23FN4O5. The Labute approximate surface area is 188 Å². The first kappa shape index (κ1) is 22.3. The fraction of sp³-hybridized carbons (Fsp3) is 0.304. The van der Waals surface area contributed by atoms with E-state index in [1.807, 2.05) is 0 Å². The quantitative estimate of drug-likeness (QED) is 0.537. The number of hydrogen-bond donors (Lipinski definition) is 3. The number of carbonyl (C=O) groups is 2. The lowest BCUT2D eigenvalue weighted by molar-refractivity contribution is -0.137. The molecule has 0 aliphatic carbocycles. The number of likely N-dealkylation sites (N-methyl/N-ethyl adjacent to an activating group) is 1. The number of nitrogens with zero attached hydrogens (tertiary/aromatic N) is 2. The van der Waals surface area contributed by atoms with Crippen LogP contribution < -0.4 is 20.9 Å². The van der Waals surface area contributed by atoms with E-state index < -0.39 is 34.3 Å². The molecule has 0 bridgehead atoms. The summed E-state index contributed by atoms with van der Waals surface area (Å²) in [4.78, 5) is 42.8. The molecule has 3 N–H and O–H groups in total. The molecule has 0 saturated carbocycles. The Balaban J connectivity index is 1.99. The van der Waals surface area contributed by atoms with E-state index in [0.717, 1.165) is 5.56 Å². The molecule has 0 spiro atoms. The summed E-state index contributed by atoms with van der Waals surface area (Å²) >= 11 is 0. The molecule has 2 aromatic heterocycles. The third kappa shape index (κ3) is 3.67. The van der Waals surface area contributed by atoms with Crippen LogP contribution in [0, 0.1) is 5.82 Å². The van der Waals surface area contributed by atoms with Crippen molar-refractivity contribution in [2.45, 2.75) is 32.4 Å². The average Bonchev–Trinajstić information content (AvgIpc) is 2.79. The van der Waals surface area contributed by atoms with Crippen molar-refractivity contribution in [2.75, 3.05) is 13.6 Å². The Kier molecular flexibility index (Phi) is 5.52. The van der Waals surface area contributed by atoms with Crippen molar-refractivity contribution < 1.29 is 23.8 Å². The second-order valence-electron chi connectivity index (χ2n) is 8.00. The van der Waals surface area contributed by atoms with Crippen LogP contribution in [0.4, 0.5) is 4.39 Å². The van der Waals surface area contributed by atoms with Crippen LogP contribution in [0.3, 0.4) is 0 Å². The first-order valence-corrected chi connectivity index (χ1v) is 10.4. The molecule has 1 aromatic carbocycles. The van der Waals surface area contributed by atoms with Gasteiger partial charge in [0.15, 0.2) is 11.5 Å². The van der Waals surface area contributed by atoms with Crippen LogP contribution in [-0.2, 0) is 17.8 Å². The first-order chi connectivity index (χ1) is 15.7. The Morgan fingerprint density at radius 3 is 2.64 bits per heavy atom. The molecule has 1 aliphatic rings. The van der Waals surface area contributed by atoms with Crippen LogP contribution in [0.15, 0.2) is 35.3 Å². The molecule has 1 atom stereocenters. The number of carbonyl (C=O) groups excluding carboxylic acids is 2. The lowest BCUT2D eigenvalue weighted by Crippen LogP contribution is -2.55. The highest BCUT2D eigenvalue weighted by molar-refractivity contribution is 6.02. The maximum Gasteiger partial charge on any atom is 0.268 e. The van der Waals surface area contributed by atoms with E-state index in [9.17, 15) is 23.9 Å². The number of amides is 2. The summed E-state index contributed by atoms with van der Waals surface area (Å²) in [5.41, 5.74) is -1.21. The van der Waals surface area contributed by atoms with Gasteiger partial charge in [0, 0.05) is 31.8 Å². The minimum Gasteiger partial charge on any atom is -0.505 e. The highest BCUT2D eigenvalue weighted by Crippen LogP contribution is 2.40. The maximum atomic E-state index is 13.3. The fourth-order valence-electron chi connectivity index (χ4n) is 3.97. The number of benzene rings is 1. The van der Waals surface area contributed by atoms with Crippen molar-refractivity contribution in [3.63, 3.8) is 0 Å². The lowest BCUT2D eigenvalue weighted by Gasteiger charge is -2.36. The summed E-state index contributed by atoms with van der Waals surface area (Å²) in [7, 11) is 1.34. The fourth-order valence-corrected chi connectivity index (χ4v) is 3.97. The molecule has 3 aromatic rings. The third-order valence-corrected chi connectivity index (χ3v) is 5.64. The summed E-state index contributed by atoms with van der Waals surface area (Å²) in [6, 6.07) is 5.87. The molecule has 1 aliphatic heterocycles. The van der Waals surface area contributed by atoms with E-state index in [1.165, 1.54) is 29.9 Å². The third-order valence-electron chi connectivity index (χ3n) is 5.64. The first-order valence-electron chi connectivity index (χ1n) is 10.4. The van der Waals surface area contributed by atoms with Gasteiger partial charge in [-0.2, -0.15) is 0 Å². The van der Waals surface area contributed by atoms with E-state index in [-0.39, 0.29) is 35.6 Å². The molecule has 0 unspecified atom stereocenters. The van der Waals surface area contributed by atoms with Gasteiger partial charge in [-0.05, 0) is 31.5 Å². The van der Waals surface area contributed by atoms with Crippen molar-refractivity contribution in [2.24, 2.45) is 0 Å². The SMILES string of the molecule is CCNC(=O)[C@@]1(C)Cn2c(=O)c(C(=O)NC)c(O)c3ncc(Cc4ccc(F)cc4)c(c32)O1. The van der Waals surface area contributed by atoms with E-state index in [2.05, 4.69) is 15.6 Å². The van der Waals surface area contributed by atoms with Gasteiger partial charge in [0.25, 0.3) is 17.4 Å². The molecule has 2 amide bonds. The molecule has 0 radical (unpaired) electrons. The van der Waals surface area contributed by atoms with Crippen molar-refractivity contribution in [1.29, 1.82) is 0 Å². The van der Waals surface area contributed by atoms with E-state index in [0.29, 0.717) is 12.1 Å². The van der Waals surface area contributed by atoms with Crippen LogP contribution in [0.25, 0.3) is 11.0 Å². The zero-order chi connectivity index (χ0) is 23.9. The smallest absolute Gasteiger partial charge is 0.268 e. The Bertz CT molecular complexity index is 1340. The number of aromatic nitrogens is 2. The van der Waals surface area contributed by atoms with E-state index >= 15 is 0 Å². The van der Waals surface area contributed by atoms with Crippen molar-refractivity contribution >= 4 is 22.8 Å². The Hall–Kier alpha value is -3.95. The van der Waals surface area contributed by atoms with Gasteiger partial charge in [-0.1, -0.05) is 12.1 Å². The summed E-state index contributed by atoms with van der Waals surface area (Å²) in [6.45, 7) is 3.48. The van der Waals surface area contributed by atoms with Crippen molar-refractivity contribution in [1.82, 2.24) is 20.2 Å². The number of hydrogen-bond acceptors (Lipinski definition) is 6. The Morgan fingerprint density at radius 1 is 1.30 bits per heavy atom. The molecule has 9 nitrogen and oxygen atoms in total. The number of nitrogens with one attached hydrogen (secondary N) is 2. The van der Waals surface area contributed by atoms with Crippen LogP contribution in [0.5, 0.6) is 11.5 Å². The van der Waals surface area contributed by atoms with Crippen LogP contribution in [0.2, 0.25) is 0 Å². The number of rotatable bonds is 5. The lowest BCUT2D eigenvalue weighted by atomic mass is 9.98. The van der Waals surface area contributed by atoms with Gasteiger partial charge in [-0.25, -0.2) is 4.39 Å².